The molecule has 0 amide bonds. The molecule has 0 saturated carbocycles. The fourth-order valence-corrected chi connectivity index (χ4v) is 3.21. The fraction of sp³-hybridized carbons (Fsp3) is 0.583. The summed E-state index contributed by atoms with van der Waals surface area (Å²) >= 11 is 6.17. The Balaban J connectivity index is 2.03. The monoisotopic (exact) mass is 287 g/mol. The Labute approximate surface area is 115 Å². The van der Waals surface area contributed by atoms with E-state index in [9.17, 15) is 4.21 Å². The molecule has 1 aromatic rings. The Morgan fingerprint density at radius 3 is 2.83 bits per heavy atom. The van der Waals surface area contributed by atoms with E-state index in [4.69, 9.17) is 11.6 Å². The SMILES string of the molecule is CCNc1ccc(Cl)c(CN2CCS(=O)CC2)n1. The lowest BCUT2D eigenvalue weighted by Gasteiger charge is -2.26. The van der Waals surface area contributed by atoms with E-state index in [1.54, 1.807) is 0 Å². The van der Waals surface area contributed by atoms with Crippen LogP contribution in [0.3, 0.4) is 0 Å². The smallest absolute Gasteiger partial charge is 0.126 e. The van der Waals surface area contributed by atoms with Crippen molar-refractivity contribution < 1.29 is 4.21 Å². The third kappa shape index (κ3) is 3.67. The van der Waals surface area contributed by atoms with Crippen LogP contribution >= 0.6 is 11.6 Å². The summed E-state index contributed by atoms with van der Waals surface area (Å²) < 4.78 is 11.3. The normalized spacial score (nSPS) is 17.9. The van der Waals surface area contributed by atoms with Gasteiger partial charge in [-0.05, 0) is 19.1 Å². The summed E-state index contributed by atoms with van der Waals surface area (Å²) in [7, 11) is -0.639. The summed E-state index contributed by atoms with van der Waals surface area (Å²) in [6, 6.07) is 3.77. The van der Waals surface area contributed by atoms with Crippen LogP contribution in [-0.2, 0) is 17.3 Å². The van der Waals surface area contributed by atoms with Crippen LogP contribution in [0.15, 0.2) is 12.1 Å². The Morgan fingerprint density at radius 1 is 1.44 bits per heavy atom. The third-order valence-electron chi connectivity index (χ3n) is 2.92. The number of halogens is 1. The van der Waals surface area contributed by atoms with Gasteiger partial charge in [-0.3, -0.25) is 9.11 Å². The highest BCUT2D eigenvalue weighted by atomic mass is 35.5. The van der Waals surface area contributed by atoms with Crippen molar-refractivity contribution in [2.24, 2.45) is 0 Å². The van der Waals surface area contributed by atoms with E-state index < -0.39 is 10.8 Å². The Hall–Kier alpha value is -0.650. The molecule has 1 N–H and O–H groups in total. The molecule has 4 nitrogen and oxygen atoms in total. The van der Waals surface area contributed by atoms with Gasteiger partial charge in [-0.15, -0.1) is 0 Å². The van der Waals surface area contributed by atoms with Crippen LogP contribution in [-0.4, -0.2) is 45.2 Å². The van der Waals surface area contributed by atoms with Gasteiger partial charge in [0.25, 0.3) is 0 Å². The lowest BCUT2D eigenvalue weighted by atomic mass is 10.3. The quantitative estimate of drug-likeness (QED) is 0.916. The lowest BCUT2D eigenvalue weighted by Crippen LogP contribution is -2.37. The number of hydrogen-bond donors (Lipinski definition) is 1. The zero-order valence-corrected chi connectivity index (χ0v) is 12.1. The lowest BCUT2D eigenvalue weighted by molar-refractivity contribution is 0.288. The standard InChI is InChI=1S/C12H18ClN3OS/c1-2-14-12-4-3-10(13)11(15-12)9-16-5-7-18(17)8-6-16/h3-4H,2,5-9H2,1H3,(H,14,15). The molecule has 1 saturated heterocycles. The number of aromatic nitrogens is 1. The molecule has 2 heterocycles. The number of hydrogen-bond acceptors (Lipinski definition) is 4. The molecule has 0 atom stereocenters. The first-order valence-electron chi connectivity index (χ1n) is 6.15. The summed E-state index contributed by atoms with van der Waals surface area (Å²) in [5, 5.41) is 3.88. The van der Waals surface area contributed by atoms with Crippen molar-refractivity contribution in [2.45, 2.75) is 13.5 Å². The average Bonchev–Trinajstić information content (AvgIpc) is 2.36. The van der Waals surface area contributed by atoms with E-state index in [1.165, 1.54) is 0 Å². The summed E-state index contributed by atoms with van der Waals surface area (Å²) in [5.41, 5.74) is 0.891. The van der Waals surface area contributed by atoms with Gasteiger partial charge in [-0.2, -0.15) is 0 Å². The number of anilines is 1. The van der Waals surface area contributed by atoms with Crippen LogP contribution in [0.5, 0.6) is 0 Å². The second kappa shape index (κ2) is 6.50. The molecule has 0 unspecified atom stereocenters. The molecule has 0 spiro atoms. The summed E-state index contributed by atoms with van der Waals surface area (Å²) in [4.78, 5) is 6.77. The van der Waals surface area contributed by atoms with Gasteiger partial charge in [-0.1, -0.05) is 11.6 Å². The predicted molar refractivity (Wildman–Crippen MR) is 76.6 cm³/mol. The van der Waals surface area contributed by atoms with Gasteiger partial charge < -0.3 is 5.32 Å². The minimum absolute atomic E-state index is 0.639. The Bertz CT molecular complexity index is 431. The second-order valence-electron chi connectivity index (χ2n) is 4.28. The van der Waals surface area contributed by atoms with Crippen LogP contribution in [0.1, 0.15) is 12.6 Å². The molecule has 0 aliphatic carbocycles. The van der Waals surface area contributed by atoms with E-state index in [1.807, 2.05) is 19.1 Å². The van der Waals surface area contributed by atoms with Crippen molar-refractivity contribution in [1.82, 2.24) is 9.88 Å². The van der Waals surface area contributed by atoms with Gasteiger partial charge in [0.15, 0.2) is 0 Å². The Kier molecular flexibility index (Phi) is 4.97. The number of pyridine rings is 1. The average molecular weight is 288 g/mol. The molecule has 1 aliphatic heterocycles. The molecular formula is C12H18ClN3OS. The molecule has 0 bridgehead atoms. The third-order valence-corrected chi connectivity index (χ3v) is 4.54. The summed E-state index contributed by atoms with van der Waals surface area (Å²) in [5.74, 6) is 2.37. The molecule has 1 aliphatic rings. The Morgan fingerprint density at radius 2 is 2.17 bits per heavy atom. The zero-order chi connectivity index (χ0) is 13.0. The van der Waals surface area contributed by atoms with Gasteiger partial charge in [0.05, 0.1) is 10.7 Å². The van der Waals surface area contributed by atoms with Crippen molar-refractivity contribution >= 4 is 28.2 Å². The van der Waals surface area contributed by atoms with Crippen molar-refractivity contribution in [3.63, 3.8) is 0 Å². The predicted octanol–water partition coefficient (Wildman–Crippen LogP) is 1.73. The molecule has 0 radical (unpaired) electrons. The number of nitrogens with one attached hydrogen (secondary N) is 1. The molecule has 0 aromatic carbocycles. The second-order valence-corrected chi connectivity index (χ2v) is 6.38. The first-order chi connectivity index (χ1) is 8.69. The van der Waals surface area contributed by atoms with E-state index in [0.29, 0.717) is 5.02 Å². The molecule has 1 aromatic heterocycles. The molecule has 100 valence electrons. The minimum atomic E-state index is -0.639. The van der Waals surface area contributed by atoms with Gasteiger partial charge in [0.1, 0.15) is 5.82 Å². The van der Waals surface area contributed by atoms with Crippen LogP contribution in [0.25, 0.3) is 0 Å². The fourth-order valence-electron chi connectivity index (χ4n) is 1.92. The van der Waals surface area contributed by atoms with Crippen LogP contribution in [0.4, 0.5) is 5.82 Å². The largest absolute Gasteiger partial charge is 0.370 e. The molecule has 18 heavy (non-hydrogen) atoms. The highest BCUT2D eigenvalue weighted by molar-refractivity contribution is 7.85. The van der Waals surface area contributed by atoms with Crippen LogP contribution in [0, 0.1) is 0 Å². The van der Waals surface area contributed by atoms with Crippen molar-refractivity contribution in [1.29, 1.82) is 0 Å². The highest BCUT2D eigenvalue weighted by Crippen LogP contribution is 2.19. The van der Waals surface area contributed by atoms with Crippen LogP contribution < -0.4 is 5.32 Å². The molecule has 1 fully saturated rings. The number of nitrogens with zero attached hydrogens (tertiary/aromatic N) is 2. The summed E-state index contributed by atoms with van der Waals surface area (Å²) in [6.45, 7) is 5.33. The van der Waals surface area contributed by atoms with Crippen molar-refractivity contribution in [3.8, 4) is 0 Å². The first kappa shape index (κ1) is 13.8. The van der Waals surface area contributed by atoms with Gasteiger partial charge >= 0.3 is 0 Å². The molecular weight excluding hydrogens is 270 g/mol. The van der Waals surface area contributed by atoms with E-state index in [2.05, 4.69) is 15.2 Å². The maximum atomic E-state index is 11.3. The van der Waals surface area contributed by atoms with Gasteiger partial charge in [0, 0.05) is 48.5 Å². The minimum Gasteiger partial charge on any atom is -0.370 e. The maximum absolute atomic E-state index is 11.3. The van der Waals surface area contributed by atoms with Gasteiger partial charge in [-0.25, -0.2) is 4.98 Å². The van der Waals surface area contributed by atoms with Gasteiger partial charge in [0.2, 0.25) is 0 Å². The van der Waals surface area contributed by atoms with E-state index in [0.717, 1.165) is 49.2 Å². The topological polar surface area (TPSA) is 45.2 Å². The van der Waals surface area contributed by atoms with Crippen molar-refractivity contribution in [2.75, 3.05) is 36.5 Å². The number of rotatable bonds is 4. The van der Waals surface area contributed by atoms with Crippen molar-refractivity contribution in [3.05, 3.63) is 22.8 Å². The molecule has 2 rings (SSSR count). The zero-order valence-electron chi connectivity index (χ0n) is 10.5. The summed E-state index contributed by atoms with van der Waals surface area (Å²) in [6.07, 6.45) is 0. The maximum Gasteiger partial charge on any atom is 0.126 e. The highest BCUT2D eigenvalue weighted by Gasteiger charge is 2.17. The van der Waals surface area contributed by atoms with Crippen LogP contribution in [0.2, 0.25) is 5.02 Å². The van der Waals surface area contributed by atoms with E-state index in [-0.39, 0.29) is 0 Å². The van der Waals surface area contributed by atoms with E-state index >= 15 is 0 Å². The first-order valence-corrected chi connectivity index (χ1v) is 8.02. The molecule has 6 heteroatoms.